The summed E-state index contributed by atoms with van der Waals surface area (Å²) in [5.41, 5.74) is -0.963. The van der Waals surface area contributed by atoms with Gasteiger partial charge in [0.2, 0.25) is 5.91 Å². The van der Waals surface area contributed by atoms with E-state index in [2.05, 4.69) is 5.32 Å². The molecule has 0 aromatic heterocycles. The fourth-order valence-corrected chi connectivity index (χ4v) is 3.04. The number of nitrogens with zero attached hydrogens (tertiary/aromatic N) is 2. The van der Waals surface area contributed by atoms with Gasteiger partial charge in [-0.05, 0) is 37.0 Å². The minimum Gasteiger partial charge on any atom is -0.493 e. The highest BCUT2D eigenvalue weighted by molar-refractivity contribution is 5.93. The number of hydrogen-bond donors (Lipinski definition) is 2. The topological polar surface area (TPSA) is 74.3 Å². The van der Waals surface area contributed by atoms with E-state index in [1.54, 1.807) is 4.90 Å². The largest absolute Gasteiger partial charge is 0.493 e. The Hall–Kier alpha value is -2.61. The van der Waals surface area contributed by atoms with Crippen LogP contribution >= 0.6 is 0 Å². The Bertz CT molecular complexity index is 1280. The molecule has 2 aromatic rings. The molecule has 2 aromatic carbocycles. The van der Waals surface area contributed by atoms with Gasteiger partial charge in [-0.25, -0.2) is 0 Å². The van der Waals surface area contributed by atoms with Crippen LogP contribution in [0.25, 0.3) is 0 Å². The molecule has 1 atom stereocenters. The van der Waals surface area contributed by atoms with E-state index < -0.39 is 45.8 Å². The van der Waals surface area contributed by atoms with Crippen LogP contribution < -0.4 is 14.8 Å². The molecule has 0 aliphatic carbocycles. The van der Waals surface area contributed by atoms with Gasteiger partial charge < -0.3 is 19.9 Å². The second-order valence-electron chi connectivity index (χ2n) is 6.84. The number of methoxy groups -OCH3 is 1. The van der Waals surface area contributed by atoms with Crippen molar-refractivity contribution < 1.29 is 37.2 Å². The highest BCUT2D eigenvalue weighted by Gasteiger charge is 2.21. The molecule has 2 N–H and O–H groups in total. The van der Waals surface area contributed by atoms with Crippen LogP contribution in [-0.2, 0) is 4.79 Å². The minimum atomic E-state index is -3.04. The average Bonchev–Trinajstić information content (AvgIpc) is 2.87. The number of piperazine rings is 1. The van der Waals surface area contributed by atoms with E-state index in [4.69, 9.17) is 27.3 Å². The molecule has 1 aliphatic rings. The number of para-hydroxylation sites is 3. The van der Waals surface area contributed by atoms with Gasteiger partial charge in [0.1, 0.15) is 12.7 Å². The van der Waals surface area contributed by atoms with Crippen molar-refractivity contribution in [3.05, 3.63) is 53.6 Å². The first kappa shape index (κ1) is 11.3. The summed E-state index contributed by atoms with van der Waals surface area (Å²) >= 11 is 0. The van der Waals surface area contributed by atoms with E-state index >= 15 is 0 Å². The number of benzene rings is 2. The van der Waals surface area contributed by atoms with Crippen molar-refractivity contribution >= 4 is 11.6 Å². The molecule has 31 heavy (non-hydrogen) atoms. The van der Waals surface area contributed by atoms with Crippen LogP contribution in [0, 0.1) is 13.7 Å². The molecule has 7 heteroatoms. The number of aliphatic hydroxyl groups is 1. The third-order valence-electron chi connectivity index (χ3n) is 4.61. The number of nitrogens with one attached hydrogen (secondary N) is 1. The van der Waals surface area contributed by atoms with Gasteiger partial charge in [0.05, 0.1) is 20.4 Å². The number of carbonyl (C=O) groups excluding carboxylic acids is 1. The number of rotatable bonds is 9. The summed E-state index contributed by atoms with van der Waals surface area (Å²) in [6.07, 6.45) is -2.37. The maximum Gasteiger partial charge on any atom is 0.238 e. The van der Waals surface area contributed by atoms with Crippen LogP contribution in [0.1, 0.15) is 28.9 Å². The highest BCUT2D eigenvalue weighted by Crippen LogP contribution is 2.25. The molecule has 0 saturated carbocycles. The standard InChI is InChI=1S/C24H33N3O4/c1-18-7-6-8-19(2)24(18)25-23(29)16-27-13-11-26(12-14-27)15-20(28)17-31-22-10-5-4-9-21(22)30-3/h4-10,20,28H,11-17H2,1-3H3,(H,25,29)/i1D3,2D3,3D3,15D2,17D2. The second kappa shape index (κ2) is 11.1. The third-order valence-corrected chi connectivity index (χ3v) is 4.61. The van der Waals surface area contributed by atoms with Crippen LogP contribution in [0.15, 0.2) is 42.5 Å². The summed E-state index contributed by atoms with van der Waals surface area (Å²) in [6, 6.07) is 8.99. The smallest absolute Gasteiger partial charge is 0.238 e. The lowest BCUT2D eigenvalue weighted by Crippen LogP contribution is -2.50. The predicted molar refractivity (Wildman–Crippen MR) is 122 cm³/mol. The van der Waals surface area contributed by atoms with Crippen molar-refractivity contribution in [1.29, 1.82) is 0 Å². The minimum absolute atomic E-state index is 0.0570. The van der Waals surface area contributed by atoms with E-state index in [0.717, 1.165) is 4.90 Å². The molecule has 7 nitrogen and oxygen atoms in total. The van der Waals surface area contributed by atoms with Crippen molar-refractivity contribution in [3.8, 4) is 11.5 Å². The maximum atomic E-state index is 12.9. The molecule has 1 unspecified atom stereocenters. The van der Waals surface area contributed by atoms with Crippen molar-refractivity contribution in [2.24, 2.45) is 0 Å². The lowest BCUT2D eigenvalue weighted by molar-refractivity contribution is -0.117. The molecular formula is C24H33N3O4. The van der Waals surface area contributed by atoms with Crippen LogP contribution in [0.2, 0.25) is 0 Å². The maximum absolute atomic E-state index is 12.9. The van der Waals surface area contributed by atoms with Crippen molar-refractivity contribution in [2.45, 2.75) is 19.8 Å². The molecule has 1 aliphatic heterocycles. The SMILES string of the molecule is [2H]C([2H])([2H])Oc1ccccc1OC([2H])([2H])C(O)C([2H])([2H])N1CCN(CC(=O)Nc2c(C([2H])([2H])[2H])cccc2C([2H])([2H])[2H])CC1. The lowest BCUT2D eigenvalue weighted by atomic mass is 10.1. The second-order valence-corrected chi connectivity index (χ2v) is 6.84. The number of aryl methyl sites for hydroxylation is 2. The lowest BCUT2D eigenvalue weighted by Gasteiger charge is -2.35. The number of amides is 1. The zero-order valence-electron chi connectivity index (χ0n) is 29.7. The highest BCUT2D eigenvalue weighted by atomic mass is 16.5. The van der Waals surface area contributed by atoms with Crippen molar-refractivity contribution in [2.75, 3.05) is 58.1 Å². The van der Waals surface area contributed by atoms with Gasteiger partial charge in [0, 0.05) is 49.3 Å². The van der Waals surface area contributed by atoms with Gasteiger partial charge in [0.25, 0.3) is 0 Å². The fraction of sp³-hybridized carbons (Fsp3) is 0.458. The molecule has 1 heterocycles. The van der Waals surface area contributed by atoms with E-state index in [1.807, 2.05) is 0 Å². The van der Waals surface area contributed by atoms with Crippen molar-refractivity contribution in [3.63, 3.8) is 0 Å². The van der Waals surface area contributed by atoms with Gasteiger partial charge >= 0.3 is 0 Å². The van der Waals surface area contributed by atoms with Crippen LogP contribution in [-0.4, -0.2) is 79.7 Å². The summed E-state index contributed by atoms with van der Waals surface area (Å²) in [4.78, 5) is 15.7. The van der Waals surface area contributed by atoms with E-state index in [9.17, 15) is 9.90 Å². The Morgan fingerprint density at radius 3 is 2.45 bits per heavy atom. The zero-order valence-corrected chi connectivity index (χ0v) is 16.7. The monoisotopic (exact) mass is 440 g/mol. The van der Waals surface area contributed by atoms with Crippen LogP contribution in [0.4, 0.5) is 5.69 Å². The van der Waals surface area contributed by atoms with Gasteiger partial charge in [-0.15, -0.1) is 0 Å². The van der Waals surface area contributed by atoms with Crippen LogP contribution in [0.3, 0.4) is 0 Å². The molecule has 1 saturated heterocycles. The van der Waals surface area contributed by atoms with E-state index in [1.165, 1.54) is 42.5 Å². The Balaban J connectivity index is 1.66. The molecular weight excluding hydrogens is 394 g/mol. The summed E-state index contributed by atoms with van der Waals surface area (Å²) in [5, 5.41) is 13.2. The average molecular weight is 441 g/mol. The number of hydrogen-bond acceptors (Lipinski definition) is 6. The van der Waals surface area contributed by atoms with E-state index in [0.29, 0.717) is 0 Å². The molecule has 168 valence electrons. The summed E-state index contributed by atoms with van der Waals surface area (Å²) in [5.74, 6) is -1.38. The third kappa shape index (κ3) is 6.69. The van der Waals surface area contributed by atoms with Crippen molar-refractivity contribution in [1.82, 2.24) is 9.80 Å². The number of anilines is 1. The van der Waals surface area contributed by atoms with E-state index in [-0.39, 0.29) is 61.0 Å². The van der Waals surface area contributed by atoms with Gasteiger partial charge in [0.15, 0.2) is 11.5 Å². The first-order valence-corrected chi connectivity index (χ1v) is 9.59. The number of carbonyl (C=O) groups is 1. The normalized spacial score (nSPS) is 24.4. The molecule has 0 bridgehead atoms. The number of ether oxygens (including phenoxy) is 2. The van der Waals surface area contributed by atoms with Gasteiger partial charge in [-0.3, -0.25) is 14.6 Å². The molecule has 0 spiro atoms. The van der Waals surface area contributed by atoms with Gasteiger partial charge in [-0.1, -0.05) is 30.3 Å². The Labute approximate surface area is 202 Å². The molecule has 0 radical (unpaired) electrons. The Morgan fingerprint density at radius 1 is 1.10 bits per heavy atom. The fourth-order valence-electron chi connectivity index (χ4n) is 3.04. The summed E-state index contributed by atoms with van der Waals surface area (Å²) in [6.45, 7) is -11.3. The molecule has 3 rings (SSSR count). The molecule has 1 fully saturated rings. The zero-order chi connectivity index (χ0) is 33.3. The number of β-amino-alcohol motifs (C(OH)–C–C–N with tert-alkyl or cyclic N) is 1. The quantitative estimate of drug-likeness (QED) is 0.623. The number of aliphatic hydroxyl groups excluding tert-OH is 1. The summed E-state index contributed by atoms with van der Waals surface area (Å²) in [7, 11) is -2.87. The Morgan fingerprint density at radius 2 is 1.77 bits per heavy atom. The first-order valence-electron chi connectivity index (χ1n) is 16.1. The van der Waals surface area contributed by atoms with Gasteiger partial charge in [-0.2, -0.15) is 0 Å². The summed E-state index contributed by atoms with van der Waals surface area (Å²) < 4.78 is 112. The van der Waals surface area contributed by atoms with Crippen LogP contribution in [0.5, 0.6) is 11.5 Å². The molecule has 1 amide bonds. The predicted octanol–water partition coefficient (Wildman–Crippen LogP) is 2.31. The first-order chi connectivity index (χ1) is 20.0. The Kier molecular flexibility index (Phi) is 4.06.